The zero-order valence-corrected chi connectivity index (χ0v) is 13.9. The fraction of sp³-hybridized carbons (Fsp3) is 0.588. The molecule has 2 amide bonds. The summed E-state index contributed by atoms with van der Waals surface area (Å²) in [6.45, 7) is 6.43. The van der Waals surface area contributed by atoms with E-state index in [-0.39, 0.29) is 11.8 Å². The number of aromatic nitrogens is 1. The van der Waals surface area contributed by atoms with Gasteiger partial charge in [-0.05, 0) is 12.1 Å². The number of carbonyl (C=O) groups excluding carboxylic acids is 2. The lowest BCUT2D eigenvalue weighted by Crippen LogP contribution is -2.51. The molecular formula is C17H24N4O3. The molecule has 0 unspecified atom stereocenters. The summed E-state index contributed by atoms with van der Waals surface area (Å²) in [6, 6.07) is 5.33. The number of pyridine rings is 1. The summed E-state index contributed by atoms with van der Waals surface area (Å²) in [7, 11) is 0. The molecule has 0 saturated carbocycles. The largest absolute Gasteiger partial charge is 0.379 e. The second-order valence-corrected chi connectivity index (χ2v) is 6.09. The van der Waals surface area contributed by atoms with Gasteiger partial charge < -0.3 is 14.5 Å². The van der Waals surface area contributed by atoms with Crippen LogP contribution in [0.2, 0.25) is 0 Å². The number of piperazine rings is 1. The summed E-state index contributed by atoms with van der Waals surface area (Å²) >= 11 is 0. The van der Waals surface area contributed by atoms with E-state index in [2.05, 4.69) is 9.88 Å². The maximum atomic E-state index is 12.3. The highest BCUT2D eigenvalue weighted by atomic mass is 16.5. The molecule has 0 radical (unpaired) electrons. The third-order valence-corrected chi connectivity index (χ3v) is 4.55. The third kappa shape index (κ3) is 4.30. The fourth-order valence-electron chi connectivity index (χ4n) is 3.05. The van der Waals surface area contributed by atoms with Gasteiger partial charge in [0.1, 0.15) is 5.69 Å². The molecular weight excluding hydrogens is 308 g/mol. The average molecular weight is 332 g/mol. The Labute approximate surface area is 142 Å². The van der Waals surface area contributed by atoms with Crippen LogP contribution in [0.25, 0.3) is 0 Å². The fourth-order valence-corrected chi connectivity index (χ4v) is 3.05. The molecule has 3 rings (SSSR count). The molecule has 130 valence electrons. The number of ether oxygens (including phenoxy) is 1. The Kier molecular flexibility index (Phi) is 5.77. The van der Waals surface area contributed by atoms with Crippen LogP contribution >= 0.6 is 0 Å². The molecule has 7 heteroatoms. The van der Waals surface area contributed by atoms with Crippen LogP contribution in [0.3, 0.4) is 0 Å². The van der Waals surface area contributed by atoms with Gasteiger partial charge >= 0.3 is 0 Å². The van der Waals surface area contributed by atoms with Crippen molar-refractivity contribution >= 4 is 11.8 Å². The molecule has 2 fully saturated rings. The Bertz CT molecular complexity index is 552. The summed E-state index contributed by atoms with van der Waals surface area (Å²) in [6.07, 6.45) is 2.16. The van der Waals surface area contributed by atoms with Gasteiger partial charge in [-0.2, -0.15) is 0 Å². The van der Waals surface area contributed by atoms with E-state index in [1.54, 1.807) is 23.2 Å². The van der Waals surface area contributed by atoms with Crippen molar-refractivity contribution in [2.24, 2.45) is 0 Å². The van der Waals surface area contributed by atoms with Crippen LogP contribution in [0.5, 0.6) is 0 Å². The summed E-state index contributed by atoms with van der Waals surface area (Å²) in [5.74, 6) is 0.113. The Morgan fingerprint density at radius 2 is 1.71 bits per heavy atom. The van der Waals surface area contributed by atoms with Gasteiger partial charge in [-0.1, -0.05) is 6.07 Å². The molecule has 2 aliphatic heterocycles. The standard InChI is InChI=1S/C17H24N4O3/c22-16(4-6-19-11-13-24-14-12-19)20-7-9-21(10-8-20)17(23)15-3-1-2-5-18-15/h1-3,5H,4,6-14H2. The van der Waals surface area contributed by atoms with Crippen LogP contribution in [-0.2, 0) is 9.53 Å². The van der Waals surface area contributed by atoms with Crippen LogP contribution in [0.15, 0.2) is 24.4 Å². The predicted octanol–water partition coefficient (Wildman–Crippen LogP) is 0.0883. The second-order valence-electron chi connectivity index (χ2n) is 6.09. The first-order valence-electron chi connectivity index (χ1n) is 8.52. The minimum atomic E-state index is -0.0592. The Morgan fingerprint density at radius 1 is 1.00 bits per heavy atom. The van der Waals surface area contributed by atoms with Gasteiger partial charge in [-0.25, -0.2) is 0 Å². The molecule has 2 aliphatic rings. The number of rotatable bonds is 4. The number of carbonyl (C=O) groups is 2. The van der Waals surface area contributed by atoms with E-state index in [4.69, 9.17) is 4.74 Å². The molecule has 0 N–H and O–H groups in total. The van der Waals surface area contributed by atoms with E-state index < -0.39 is 0 Å². The van der Waals surface area contributed by atoms with Crippen molar-refractivity contribution in [3.05, 3.63) is 30.1 Å². The van der Waals surface area contributed by atoms with E-state index >= 15 is 0 Å². The van der Waals surface area contributed by atoms with Crippen LogP contribution < -0.4 is 0 Å². The minimum Gasteiger partial charge on any atom is -0.379 e. The predicted molar refractivity (Wildman–Crippen MR) is 88.6 cm³/mol. The smallest absolute Gasteiger partial charge is 0.272 e. The summed E-state index contributed by atoms with van der Waals surface area (Å²) in [5.41, 5.74) is 0.463. The number of morpholine rings is 1. The van der Waals surface area contributed by atoms with Crippen molar-refractivity contribution in [1.82, 2.24) is 19.7 Å². The maximum absolute atomic E-state index is 12.3. The van der Waals surface area contributed by atoms with E-state index in [0.717, 1.165) is 32.8 Å². The molecule has 24 heavy (non-hydrogen) atoms. The van der Waals surface area contributed by atoms with Crippen LogP contribution in [-0.4, -0.2) is 90.5 Å². The van der Waals surface area contributed by atoms with Crippen molar-refractivity contribution in [3.63, 3.8) is 0 Å². The van der Waals surface area contributed by atoms with Gasteiger partial charge in [0, 0.05) is 58.4 Å². The molecule has 0 atom stereocenters. The van der Waals surface area contributed by atoms with Crippen molar-refractivity contribution in [2.75, 3.05) is 59.0 Å². The van der Waals surface area contributed by atoms with E-state index in [9.17, 15) is 9.59 Å². The quantitative estimate of drug-likeness (QED) is 0.782. The Hall–Kier alpha value is -1.99. The lowest BCUT2D eigenvalue weighted by Gasteiger charge is -2.35. The molecule has 0 spiro atoms. The number of hydrogen-bond acceptors (Lipinski definition) is 5. The minimum absolute atomic E-state index is 0.0592. The molecule has 0 bridgehead atoms. The third-order valence-electron chi connectivity index (χ3n) is 4.55. The average Bonchev–Trinajstić information content (AvgIpc) is 2.67. The highest BCUT2D eigenvalue weighted by Crippen LogP contribution is 2.09. The first-order valence-corrected chi connectivity index (χ1v) is 8.52. The lowest BCUT2D eigenvalue weighted by atomic mass is 10.2. The number of amides is 2. The van der Waals surface area contributed by atoms with Gasteiger partial charge in [0.15, 0.2) is 0 Å². The Balaban J connectivity index is 1.42. The van der Waals surface area contributed by atoms with Crippen LogP contribution in [0.1, 0.15) is 16.9 Å². The first-order chi connectivity index (χ1) is 11.7. The van der Waals surface area contributed by atoms with Crippen LogP contribution in [0.4, 0.5) is 0 Å². The summed E-state index contributed by atoms with van der Waals surface area (Å²) < 4.78 is 5.31. The van der Waals surface area contributed by atoms with E-state index in [1.807, 2.05) is 11.0 Å². The first kappa shape index (κ1) is 16.9. The van der Waals surface area contributed by atoms with Gasteiger partial charge in [0.2, 0.25) is 5.91 Å². The van der Waals surface area contributed by atoms with Gasteiger partial charge in [0.05, 0.1) is 13.2 Å². The SMILES string of the molecule is O=C(CCN1CCOCC1)N1CCN(C(=O)c2ccccn2)CC1. The zero-order chi connectivity index (χ0) is 16.8. The van der Waals surface area contributed by atoms with E-state index in [1.165, 1.54) is 0 Å². The number of nitrogens with zero attached hydrogens (tertiary/aromatic N) is 4. The molecule has 1 aromatic rings. The molecule has 0 aromatic carbocycles. The Morgan fingerprint density at radius 3 is 2.38 bits per heavy atom. The van der Waals surface area contributed by atoms with Crippen molar-refractivity contribution < 1.29 is 14.3 Å². The molecule has 2 saturated heterocycles. The zero-order valence-electron chi connectivity index (χ0n) is 13.9. The highest BCUT2D eigenvalue weighted by Gasteiger charge is 2.25. The van der Waals surface area contributed by atoms with Crippen molar-refractivity contribution in [2.45, 2.75) is 6.42 Å². The van der Waals surface area contributed by atoms with Gasteiger partial charge in [-0.3, -0.25) is 19.5 Å². The van der Waals surface area contributed by atoms with E-state index in [0.29, 0.717) is 38.3 Å². The topological polar surface area (TPSA) is 66.0 Å². The molecule has 3 heterocycles. The van der Waals surface area contributed by atoms with Crippen molar-refractivity contribution in [3.8, 4) is 0 Å². The van der Waals surface area contributed by atoms with Crippen molar-refractivity contribution in [1.29, 1.82) is 0 Å². The lowest BCUT2D eigenvalue weighted by molar-refractivity contribution is -0.133. The van der Waals surface area contributed by atoms with Gasteiger partial charge in [-0.15, -0.1) is 0 Å². The summed E-state index contributed by atoms with van der Waals surface area (Å²) in [4.78, 5) is 34.7. The normalized spacial score (nSPS) is 19.3. The second kappa shape index (κ2) is 8.21. The highest BCUT2D eigenvalue weighted by molar-refractivity contribution is 5.92. The maximum Gasteiger partial charge on any atom is 0.272 e. The number of hydrogen-bond donors (Lipinski definition) is 0. The molecule has 1 aromatic heterocycles. The molecule has 0 aliphatic carbocycles. The monoisotopic (exact) mass is 332 g/mol. The summed E-state index contributed by atoms with van der Waals surface area (Å²) in [5, 5.41) is 0. The van der Waals surface area contributed by atoms with Crippen LogP contribution in [0, 0.1) is 0 Å². The molecule has 7 nitrogen and oxygen atoms in total. The van der Waals surface area contributed by atoms with Gasteiger partial charge in [0.25, 0.3) is 5.91 Å².